The Balaban J connectivity index is 1.91. The minimum atomic E-state index is 0.655. The summed E-state index contributed by atoms with van der Waals surface area (Å²) < 4.78 is 5.40. The zero-order valence-electron chi connectivity index (χ0n) is 10.1. The van der Waals surface area contributed by atoms with Crippen LogP contribution >= 0.6 is 11.8 Å². The molecule has 0 aliphatic carbocycles. The highest BCUT2D eigenvalue weighted by atomic mass is 32.2. The predicted molar refractivity (Wildman–Crippen MR) is 75.9 cm³/mol. The lowest BCUT2D eigenvalue weighted by molar-refractivity contribution is 0.100. The Bertz CT molecular complexity index is 552. The quantitative estimate of drug-likeness (QED) is 0.843. The van der Waals surface area contributed by atoms with Gasteiger partial charge in [0.1, 0.15) is 0 Å². The molecule has 1 fully saturated rings. The van der Waals surface area contributed by atoms with Crippen molar-refractivity contribution in [2.45, 2.75) is 23.0 Å². The maximum atomic E-state index is 5.79. The van der Waals surface area contributed by atoms with E-state index < -0.39 is 0 Å². The van der Waals surface area contributed by atoms with Gasteiger partial charge >= 0.3 is 0 Å². The molecule has 18 heavy (non-hydrogen) atoms. The van der Waals surface area contributed by atoms with Crippen LogP contribution in [0.2, 0.25) is 0 Å². The van der Waals surface area contributed by atoms with E-state index in [1.54, 1.807) is 0 Å². The second kappa shape index (κ2) is 5.16. The van der Waals surface area contributed by atoms with Crippen molar-refractivity contribution >= 4 is 28.4 Å². The zero-order valence-corrected chi connectivity index (χ0v) is 11.0. The number of fused-ring (bicyclic) bond motifs is 1. The highest BCUT2D eigenvalue weighted by molar-refractivity contribution is 8.00. The number of ether oxygens (including phenoxy) is 1. The van der Waals surface area contributed by atoms with E-state index in [1.165, 1.54) is 10.3 Å². The second-order valence-electron chi connectivity index (χ2n) is 4.52. The van der Waals surface area contributed by atoms with E-state index in [-0.39, 0.29) is 0 Å². The molecule has 0 unspecified atom stereocenters. The number of hydrogen-bond acceptors (Lipinski definition) is 4. The minimum absolute atomic E-state index is 0.655. The van der Waals surface area contributed by atoms with Gasteiger partial charge < -0.3 is 10.5 Å². The maximum Gasteiger partial charge on any atom is 0.0733 e. The van der Waals surface area contributed by atoms with Gasteiger partial charge in [-0.25, -0.2) is 0 Å². The molecule has 1 aliphatic rings. The summed E-state index contributed by atoms with van der Waals surface area (Å²) in [5, 5.41) is 1.85. The summed E-state index contributed by atoms with van der Waals surface area (Å²) in [5.41, 5.74) is 7.54. The average Bonchev–Trinajstić information content (AvgIpc) is 2.40. The van der Waals surface area contributed by atoms with Crippen molar-refractivity contribution in [2.24, 2.45) is 0 Å². The van der Waals surface area contributed by atoms with Crippen molar-refractivity contribution in [1.29, 1.82) is 0 Å². The first kappa shape index (κ1) is 11.8. The lowest BCUT2D eigenvalue weighted by Gasteiger charge is -2.21. The fourth-order valence-electron chi connectivity index (χ4n) is 2.22. The standard InChI is InChI=1S/C14H16N2OS/c15-10-1-2-12-13(9-10)16-6-3-14(12)18-11-4-7-17-8-5-11/h1-3,6,9,11H,4-5,7-8,15H2. The fraction of sp³-hybridized carbons (Fsp3) is 0.357. The van der Waals surface area contributed by atoms with E-state index in [0.717, 1.165) is 37.3 Å². The van der Waals surface area contributed by atoms with Crippen LogP contribution in [0.1, 0.15) is 12.8 Å². The molecule has 94 valence electrons. The third kappa shape index (κ3) is 2.44. The largest absolute Gasteiger partial charge is 0.399 e. The van der Waals surface area contributed by atoms with Crippen molar-refractivity contribution < 1.29 is 4.74 Å². The summed E-state index contributed by atoms with van der Waals surface area (Å²) in [6.07, 6.45) is 4.12. The molecule has 2 aromatic rings. The Labute approximate surface area is 111 Å². The van der Waals surface area contributed by atoms with Gasteiger partial charge in [-0.2, -0.15) is 0 Å². The molecule has 0 saturated carbocycles. The summed E-state index contributed by atoms with van der Waals surface area (Å²) in [7, 11) is 0. The maximum absolute atomic E-state index is 5.79. The van der Waals surface area contributed by atoms with Crippen LogP contribution in [-0.4, -0.2) is 23.4 Å². The first-order chi connectivity index (χ1) is 8.83. The monoisotopic (exact) mass is 260 g/mol. The van der Waals surface area contributed by atoms with Crippen LogP contribution in [0.15, 0.2) is 35.4 Å². The van der Waals surface area contributed by atoms with Crippen molar-refractivity contribution in [1.82, 2.24) is 4.98 Å². The number of aromatic nitrogens is 1. The van der Waals surface area contributed by atoms with Crippen LogP contribution in [0.5, 0.6) is 0 Å². The van der Waals surface area contributed by atoms with Crippen LogP contribution < -0.4 is 5.73 Å². The summed E-state index contributed by atoms with van der Waals surface area (Å²) in [4.78, 5) is 5.68. The number of hydrogen-bond donors (Lipinski definition) is 1. The number of thioether (sulfide) groups is 1. The number of anilines is 1. The summed E-state index contributed by atoms with van der Waals surface area (Å²) in [6, 6.07) is 8.04. The summed E-state index contributed by atoms with van der Waals surface area (Å²) >= 11 is 1.94. The van der Waals surface area contributed by atoms with Gasteiger partial charge in [0.15, 0.2) is 0 Å². The van der Waals surface area contributed by atoms with Crippen molar-refractivity contribution in [2.75, 3.05) is 18.9 Å². The highest BCUT2D eigenvalue weighted by Crippen LogP contribution is 2.34. The van der Waals surface area contributed by atoms with Crippen LogP contribution in [0.25, 0.3) is 10.9 Å². The predicted octanol–water partition coefficient (Wildman–Crippen LogP) is 3.09. The van der Waals surface area contributed by atoms with Gasteiger partial charge in [-0.05, 0) is 37.1 Å². The summed E-state index contributed by atoms with van der Waals surface area (Å²) in [6.45, 7) is 1.77. The molecule has 4 heteroatoms. The highest BCUT2D eigenvalue weighted by Gasteiger charge is 2.16. The van der Waals surface area contributed by atoms with E-state index >= 15 is 0 Å². The number of nitrogen functional groups attached to an aromatic ring is 1. The Morgan fingerprint density at radius 2 is 2.06 bits per heavy atom. The van der Waals surface area contributed by atoms with E-state index in [1.807, 2.05) is 30.1 Å². The van der Waals surface area contributed by atoms with Crippen LogP contribution in [0, 0.1) is 0 Å². The van der Waals surface area contributed by atoms with Gasteiger partial charge in [0.25, 0.3) is 0 Å². The topological polar surface area (TPSA) is 48.1 Å². The SMILES string of the molecule is Nc1ccc2c(SC3CCOCC3)ccnc2c1. The van der Waals surface area contributed by atoms with Gasteiger partial charge in [-0.3, -0.25) is 4.98 Å². The lowest BCUT2D eigenvalue weighted by atomic mass is 10.2. The molecule has 2 N–H and O–H groups in total. The minimum Gasteiger partial charge on any atom is -0.399 e. The van der Waals surface area contributed by atoms with E-state index in [2.05, 4.69) is 17.1 Å². The molecule has 0 atom stereocenters. The first-order valence-electron chi connectivity index (χ1n) is 6.21. The Kier molecular flexibility index (Phi) is 3.39. The molecule has 0 bridgehead atoms. The van der Waals surface area contributed by atoms with Gasteiger partial charge in [-0.15, -0.1) is 11.8 Å². The zero-order chi connectivity index (χ0) is 12.4. The second-order valence-corrected chi connectivity index (χ2v) is 5.86. The molecule has 0 spiro atoms. The number of nitrogens with zero attached hydrogens (tertiary/aromatic N) is 1. The summed E-state index contributed by atoms with van der Waals surface area (Å²) in [5.74, 6) is 0. The van der Waals surface area contributed by atoms with Crippen molar-refractivity contribution in [3.05, 3.63) is 30.5 Å². The molecule has 1 aromatic heterocycles. The van der Waals surface area contributed by atoms with Gasteiger partial charge in [-0.1, -0.05) is 0 Å². The van der Waals surface area contributed by atoms with Gasteiger partial charge in [0.05, 0.1) is 5.52 Å². The van der Waals surface area contributed by atoms with Crippen LogP contribution in [0.3, 0.4) is 0 Å². The molecular weight excluding hydrogens is 244 g/mol. The van der Waals surface area contributed by atoms with E-state index in [4.69, 9.17) is 10.5 Å². The first-order valence-corrected chi connectivity index (χ1v) is 7.09. The Hall–Kier alpha value is -1.26. The molecule has 2 heterocycles. The molecule has 3 rings (SSSR count). The molecule has 1 aliphatic heterocycles. The molecule has 3 nitrogen and oxygen atoms in total. The molecular formula is C14H16N2OS. The Morgan fingerprint density at radius 3 is 2.89 bits per heavy atom. The fourth-order valence-corrected chi connectivity index (χ4v) is 3.44. The van der Waals surface area contributed by atoms with Crippen LogP contribution in [0.4, 0.5) is 5.69 Å². The molecule has 0 amide bonds. The van der Waals surface area contributed by atoms with E-state index in [9.17, 15) is 0 Å². The van der Waals surface area contributed by atoms with Crippen molar-refractivity contribution in [3.8, 4) is 0 Å². The molecule has 0 radical (unpaired) electrons. The average molecular weight is 260 g/mol. The normalized spacial score (nSPS) is 17.1. The van der Waals surface area contributed by atoms with E-state index in [0.29, 0.717) is 5.25 Å². The van der Waals surface area contributed by atoms with Crippen molar-refractivity contribution in [3.63, 3.8) is 0 Å². The Morgan fingerprint density at radius 1 is 1.22 bits per heavy atom. The molecule has 1 saturated heterocycles. The third-order valence-corrected chi connectivity index (χ3v) is 4.60. The van der Waals surface area contributed by atoms with Crippen LogP contribution in [-0.2, 0) is 4.74 Å². The lowest BCUT2D eigenvalue weighted by Crippen LogP contribution is -2.17. The number of nitrogens with two attached hydrogens (primary N) is 1. The molecule has 1 aromatic carbocycles. The third-order valence-electron chi connectivity index (χ3n) is 3.19. The number of rotatable bonds is 2. The number of benzene rings is 1. The number of pyridine rings is 1. The van der Waals surface area contributed by atoms with Gasteiger partial charge in [0, 0.05) is 40.6 Å². The van der Waals surface area contributed by atoms with Gasteiger partial charge in [0.2, 0.25) is 0 Å². The smallest absolute Gasteiger partial charge is 0.0733 e.